The highest BCUT2D eigenvalue weighted by atomic mass is 32.1. The number of hydrogen-bond acceptors (Lipinski definition) is 2. The minimum atomic E-state index is 0.0438. The summed E-state index contributed by atoms with van der Waals surface area (Å²) in [6.07, 6.45) is 1.000. The number of rotatable bonds is 2. The van der Waals surface area contributed by atoms with Crippen molar-refractivity contribution in [1.82, 2.24) is 10.6 Å². The fraction of sp³-hybridized carbons (Fsp3) is 0.875. The van der Waals surface area contributed by atoms with Gasteiger partial charge in [-0.3, -0.25) is 0 Å². The summed E-state index contributed by atoms with van der Waals surface area (Å²) in [6, 6.07) is 0. The molecule has 4 heteroatoms. The standard InChI is InChI=1S/C8H16N2OS/c1-4-11-6-5-8(2,3)10-7(12)9-6/h6H,4-5H2,1-3H3,(H2,9,10,12)/t6-/m1/s1. The monoisotopic (exact) mass is 188 g/mol. The maximum atomic E-state index is 5.45. The van der Waals surface area contributed by atoms with Crippen molar-refractivity contribution in [3.05, 3.63) is 0 Å². The summed E-state index contributed by atoms with van der Waals surface area (Å²) in [5, 5.41) is 6.94. The molecule has 0 aromatic heterocycles. The average molecular weight is 188 g/mol. The summed E-state index contributed by atoms with van der Waals surface area (Å²) in [4.78, 5) is 0. The summed E-state index contributed by atoms with van der Waals surface area (Å²) >= 11 is 5.04. The van der Waals surface area contributed by atoms with Crippen LogP contribution in [0.25, 0.3) is 0 Å². The fourth-order valence-corrected chi connectivity index (χ4v) is 1.76. The van der Waals surface area contributed by atoms with Crippen molar-refractivity contribution in [3.8, 4) is 0 Å². The first-order chi connectivity index (χ1) is 5.53. The van der Waals surface area contributed by atoms with Crippen LogP contribution in [0.15, 0.2) is 0 Å². The minimum Gasteiger partial charge on any atom is -0.359 e. The van der Waals surface area contributed by atoms with Gasteiger partial charge in [0.05, 0.1) is 0 Å². The normalized spacial score (nSPS) is 27.6. The lowest BCUT2D eigenvalue weighted by Gasteiger charge is -2.38. The Balaban J connectivity index is 2.51. The molecule has 1 rings (SSSR count). The lowest BCUT2D eigenvalue weighted by Crippen LogP contribution is -2.59. The molecule has 0 radical (unpaired) electrons. The number of hydrogen-bond donors (Lipinski definition) is 2. The molecule has 0 aromatic rings. The Kier molecular flexibility index (Phi) is 2.90. The molecule has 0 unspecified atom stereocenters. The van der Waals surface area contributed by atoms with Crippen LogP contribution in [0.4, 0.5) is 0 Å². The van der Waals surface area contributed by atoms with Gasteiger partial charge in [0, 0.05) is 18.6 Å². The van der Waals surface area contributed by atoms with Crippen molar-refractivity contribution in [2.24, 2.45) is 0 Å². The van der Waals surface area contributed by atoms with E-state index in [1.165, 1.54) is 0 Å². The zero-order valence-electron chi connectivity index (χ0n) is 7.81. The SMILES string of the molecule is CCO[C@@H]1CC(C)(C)NC(=S)N1. The molecule has 0 bridgehead atoms. The number of nitrogens with one attached hydrogen (secondary N) is 2. The molecule has 2 N–H and O–H groups in total. The summed E-state index contributed by atoms with van der Waals surface area (Å²) in [5.74, 6) is 0. The number of thiocarbonyl (C=S) groups is 1. The van der Waals surface area contributed by atoms with Crippen molar-refractivity contribution in [2.75, 3.05) is 6.61 Å². The highest BCUT2D eigenvalue weighted by Gasteiger charge is 2.29. The second-order valence-electron chi connectivity index (χ2n) is 3.63. The highest BCUT2D eigenvalue weighted by molar-refractivity contribution is 7.80. The van der Waals surface area contributed by atoms with Gasteiger partial charge >= 0.3 is 0 Å². The van der Waals surface area contributed by atoms with Crippen molar-refractivity contribution >= 4 is 17.3 Å². The van der Waals surface area contributed by atoms with E-state index in [0.29, 0.717) is 5.11 Å². The molecule has 1 saturated heterocycles. The smallest absolute Gasteiger partial charge is 0.168 e. The third kappa shape index (κ3) is 2.60. The Labute approximate surface area is 78.9 Å². The van der Waals surface area contributed by atoms with Crippen LogP contribution in [0.1, 0.15) is 27.2 Å². The molecule has 1 fully saturated rings. The Morgan fingerprint density at radius 1 is 1.67 bits per heavy atom. The molecule has 1 heterocycles. The first-order valence-electron chi connectivity index (χ1n) is 4.24. The molecule has 0 aromatic carbocycles. The number of ether oxygens (including phenoxy) is 1. The van der Waals surface area contributed by atoms with E-state index in [1.54, 1.807) is 0 Å². The topological polar surface area (TPSA) is 33.3 Å². The molecule has 0 aliphatic carbocycles. The molecular formula is C8H16N2OS. The van der Waals surface area contributed by atoms with Crippen LogP contribution < -0.4 is 10.6 Å². The Hall–Kier alpha value is -0.350. The van der Waals surface area contributed by atoms with Crippen LogP contribution in [0.5, 0.6) is 0 Å². The third-order valence-corrected chi connectivity index (χ3v) is 2.03. The van der Waals surface area contributed by atoms with Crippen LogP contribution in [-0.4, -0.2) is 23.5 Å². The van der Waals surface area contributed by atoms with E-state index in [0.717, 1.165) is 13.0 Å². The summed E-state index contributed by atoms with van der Waals surface area (Å²) < 4.78 is 5.45. The zero-order valence-corrected chi connectivity index (χ0v) is 8.62. The molecule has 70 valence electrons. The maximum absolute atomic E-state index is 5.45. The Morgan fingerprint density at radius 3 is 2.83 bits per heavy atom. The van der Waals surface area contributed by atoms with Gasteiger partial charge in [-0.25, -0.2) is 0 Å². The average Bonchev–Trinajstić information content (AvgIpc) is 1.82. The van der Waals surface area contributed by atoms with Gasteiger partial charge in [0.1, 0.15) is 6.23 Å². The van der Waals surface area contributed by atoms with Crippen molar-refractivity contribution in [1.29, 1.82) is 0 Å². The van der Waals surface area contributed by atoms with Crippen LogP contribution in [-0.2, 0) is 4.74 Å². The van der Waals surface area contributed by atoms with Crippen LogP contribution >= 0.6 is 12.2 Å². The fourth-order valence-electron chi connectivity index (χ4n) is 1.36. The Morgan fingerprint density at radius 2 is 2.33 bits per heavy atom. The molecule has 0 amide bonds. The molecule has 1 aliphatic heterocycles. The lowest BCUT2D eigenvalue weighted by molar-refractivity contribution is 0.0222. The molecule has 0 spiro atoms. The molecule has 0 saturated carbocycles. The largest absolute Gasteiger partial charge is 0.359 e. The van der Waals surface area contributed by atoms with Crippen LogP contribution in [0, 0.1) is 0 Å². The lowest BCUT2D eigenvalue weighted by atomic mass is 9.98. The second kappa shape index (κ2) is 3.58. The van der Waals surface area contributed by atoms with Gasteiger partial charge in [-0.1, -0.05) is 0 Å². The van der Waals surface area contributed by atoms with Gasteiger partial charge in [-0.2, -0.15) is 0 Å². The van der Waals surface area contributed by atoms with E-state index >= 15 is 0 Å². The van der Waals surface area contributed by atoms with E-state index in [9.17, 15) is 0 Å². The maximum Gasteiger partial charge on any atom is 0.168 e. The summed E-state index contributed by atoms with van der Waals surface area (Å²) in [7, 11) is 0. The first-order valence-corrected chi connectivity index (χ1v) is 4.64. The van der Waals surface area contributed by atoms with E-state index in [2.05, 4.69) is 24.5 Å². The van der Waals surface area contributed by atoms with E-state index in [1.807, 2.05) is 6.92 Å². The predicted octanol–water partition coefficient (Wildman–Crippen LogP) is 0.995. The van der Waals surface area contributed by atoms with Gasteiger partial charge < -0.3 is 15.4 Å². The third-order valence-electron chi connectivity index (χ3n) is 1.81. The van der Waals surface area contributed by atoms with Crippen molar-refractivity contribution in [2.45, 2.75) is 39.0 Å². The van der Waals surface area contributed by atoms with Gasteiger partial charge in [0.2, 0.25) is 0 Å². The van der Waals surface area contributed by atoms with Gasteiger partial charge in [0.25, 0.3) is 0 Å². The van der Waals surface area contributed by atoms with Crippen molar-refractivity contribution < 1.29 is 4.74 Å². The quantitative estimate of drug-likeness (QED) is 0.633. The van der Waals surface area contributed by atoms with Crippen LogP contribution in [0.2, 0.25) is 0 Å². The van der Waals surface area contributed by atoms with Crippen molar-refractivity contribution in [3.63, 3.8) is 0 Å². The predicted molar refractivity (Wildman–Crippen MR) is 53.0 cm³/mol. The summed E-state index contributed by atoms with van der Waals surface area (Å²) in [6.45, 7) is 6.94. The minimum absolute atomic E-state index is 0.0438. The van der Waals surface area contributed by atoms with E-state index in [-0.39, 0.29) is 11.8 Å². The van der Waals surface area contributed by atoms with Gasteiger partial charge in [-0.05, 0) is 33.0 Å². The van der Waals surface area contributed by atoms with E-state index in [4.69, 9.17) is 17.0 Å². The zero-order chi connectivity index (χ0) is 9.19. The van der Waals surface area contributed by atoms with Gasteiger partial charge in [-0.15, -0.1) is 0 Å². The van der Waals surface area contributed by atoms with Gasteiger partial charge in [0.15, 0.2) is 5.11 Å². The molecule has 1 atom stereocenters. The molecule has 1 aliphatic rings. The molecule has 3 nitrogen and oxygen atoms in total. The van der Waals surface area contributed by atoms with Crippen LogP contribution in [0.3, 0.4) is 0 Å². The Bertz CT molecular complexity index is 182. The second-order valence-corrected chi connectivity index (χ2v) is 4.04. The highest BCUT2D eigenvalue weighted by Crippen LogP contribution is 2.15. The first kappa shape index (κ1) is 9.74. The van der Waals surface area contributed by atoms with E-state index < -0.39 is 0 Å². The molecule has 12 heavy (non-hydrogen) atoms. The summed E-state index contributed by atoms with van der Waals surface area (Å²) in [5.41, 5.74) is 0.0438. The molecular weight excluding hydrogens is 172 g/mol.